The summed E-state index contributed by atoms with van der Waals surface area (Å²) in [6, 6.07) is 0. The fourth-order valence-corrected chi connectivity index (χ4v) is 3.85. The molecule has 1 amide bonds. The first-order valence-electron chi connectivity index (χ1n) is 7.44. The number of nitrogens with zero attached hydrogens (tertiary/aromatic N) is 1. The topological polar surface area (TPSA) is 78.5 Å². The van der Waals surface area contributed by atoms with Crippen LogP contribution in [0.3, 0.4) is 0 Å². The molecule has 1 aliphatic heterocycles. The highest BCUT2D eigenvalue weighted by Gasteiger charge is 2.19. The number of nitrogens with one attached hydrogen (secondary N) is 2. The smallest absolute Gasteiger partial charge is 0.220 e. The van der Waals surface area contributed by atoms with E-state index in [1.807, 2.05) is 13.8 Å². The third-order valence-corrected chi connectivity index (χ3v) is 5.75. The van der Waals surface area contributed by atoms with E-state index in [4.69, 9.17) is 0 Å². The maximum atomic E-state index is 11.9. The average molecular weight is 342 g/mol. The van der Waals surface area contributed by atoms with E-state index in [2.05, 4.69) is 10.6 Å². The Balaban J connectivity index is 0.00000400. The minimum atomic E-state index is -3.24. The summed E-state index contributed by atoms with van der Waals surface area (Å²) in [7, 11) is -3.24. The van der Waals surface area contributed by atoms with Crippen molar-refractivity contribution in [2.45, 2.75) is 33.1 Å². The fraction of sp³-hybridized carbons (Fsp3) is 0.923. The second-order valence-electron chi connectivity index (χ2n) is 5.15. The summed E-state index contributed by atoms with van der Waals surface area (Å²) >= 11 is 0. The van der Waals surface area contributed by atoms with Gasteiger partial charge < -0.3 is 10.6 Å². The van der Waals surface area contributed by atoms with Crippen LogP contribution < -0.4 is 10.6 Å². The molecule has 2 N–H and O–H groups in total. The molecule has 0 aliphatic carbocycles. The summed E-state index contributed by atoms with van der Waals surface area (Å²) in [6.07, 6.45) is 2.49. The van der Waals surface area contributed by atoms with Gasteiger partial charge in [-0.3, -0.25) is 4.79 Å². The Morgan fingerprint density at radius 3 is 2.52 bits per heavy atom. The van der Waals surface area contributed by atoms with Crippen molar-refractivity contribution in [1.29, 1.82) is 0 Å². The second kappa shape index (κ2) is 10.4. The molecule has 1 rings (SSSR count). The van der Waals surface area contributed by atoms with Crippen molar-refractivity contribution in [2.75, 3.05) is 38.5 Å². The van der Waals surface area contributed by atoms with E-state index in [1.54, 1.807) is 0 Å². The van der Waals surface area contributed by atoms with Crippen molar-refractivity contribution in [2.24, 2.45) is 5.92 Å². The van der Waals surface area contributed by atoms with E-state index in [1.165, 1.54) is 4.31 Å². The van der Waals surface area contributed by atoms with Gasteiger partial charge in [0.25, 0.3) is 0 Å². The van der Waals surface area contributed by atoms with Crippen molar-refractivity contribution in [1.82, 2.24) is 14.9 Å². The molecule has 1 heterocycles. The van der Waals surface area contributed by atoms with Gasteiger partial charge in [-0.1, -0.05) is 13.8 Å². The van der Waals surface area contributed by atoms with E-state index < -0.39 is 10.0 Å². The molecule has 0 spiro atoms. The molecule has 1 aliphatic rings. The van der Waals surface area contributed by atoms with Crippen molar-refractivity contribution >= 4 is 28.3 Å². The van der Waals surface area contributed by atoms with Gasteiger partial charge in [-0.2, -0.15) is 0 Å². The van der Waals surface area contributed by atoms with Crippen LogP contribution in [0.15, 0.2) is 0 Å². The highest BCUT2D eigenvalue weighted by Crippen LogP contribution is 2.13. The van der Waals surface area contributed by atoms with Gasteiger partial charge >= 0.3 is 0 Å². The van der Waals surface area contributed by atoms with Crippen LogP contribution in [0.4, 0.5) is 0 Å². The first-order valence-corrected chi connectivity index (χ1v) is 9.05. The number of hydrogen-bond acceptors (Lipinski definition) is 4. The lowest BCUT2D eigenvalue weighted by atomic mass is 10.0. The highest BCUT2D eigenvalue weighted by molar-refractivity contribution is 7.89. The number of rotatable bonds is 9. The monoisotopic (exact) mass is 341 g/mol. The highest BCUT2D eigenvalue weighted by atomic mass is 35.5. The Hall–Kier alpha value is -0.370. The molecule has 0 bridgehead atoms. The second-order valence-corrected chi connectivity index (χ2v) is 7.24. The molecule has 21 heavy (non-hydrogen) atoms. The number of hydrogen-bond donors (Lipinski definition) is 2. The Morgan fingerprint density at radius 1 is 1.33 bits per heavy atom. The zero-order chi connectivity index (χ0) is 15.0. The maximum absolute atomic E-state index is 11.9. The normalized spacial score (nSPS) is 18.5. The molecule has 0 aromatic carbocycles. The third kappa shape index (κ3) is 7.44. The molecule has 126 valence electrons. The number of carbonyl (C=O) groups excluding carboxylic acids is 1. The lowest BCUT2D eigenvalue weighted by molar-refractivity contribution is -0.121. The average Bonchev–Trinajstić information content (AvgIpc) is 2.90. The summed E-state index contributed by atoms with van der Waals surface area (Å²) < 4.78 is 25.2. The number of sulfonamides is 1. The molecule has 1 unspecified atom stereocenters. The first-order chi connectivity index (χ1) is 9.49. The zero-order valence-corrected chi connectivity index (χ0v) is 14.6. The fourth-order valence-electron chi connectivity index (χ4n) is 2.45. The molecular formula is C13H28ClN3O3S. The molecule has 0 radical (unpaired) electrons. The van der Waals surface area contributed by atoms with Crippen LogP contribution in [-0.4, -0.2) is 57.1 Å². The van der Waals surface area contributed by atoms with Gasteiger partial charge in [0, 0.05) is 26.1 Å². The Kier molecular flexibility index (Phi) is 10.2. The summed E-state index contributed by atoms with van der Waals surface area (Å²) in [4.78, 5) is 11.7. The Labute approximate surface area is 134 Å². The van der Waals surface area contributed by atoms with Crippen LogP contribution in [0.25, 0.3) is 0 Å². The minimum absolute atomic E-state index is 0. The van der Waals surface area contributed by atoms with Crippen molar-refractivity contribution in [3.8, 4) is 0 Å². The third-order valence-electron chi connectivity index (χ3n) is 3.72. The SMILES string of the molecule is CCN(CC)S(=O)(=O)CCNC(=O)CCC1CCNC1.Cl. The summed E-state index contributed by atoms with van der Waals surface area (Å²) in [5.41, 5.74) is 0. The van der Waals surface area contributed by atoms with E-state index in [0.29, 0.717) is 25.4 Å². The van der Waals surface area contributed by atoms with Gasteiger partial charge in [-0.15, -0.1) is 12.4 Å². The molecule has 6 nitrogen and oxygen atoms in total. The minimum Gasteiger partial charge on any atom is -0.355 e. The number of halogens is 1. The Morgan fingerprint density at radius 2 is 2.00 bits per heavy atom. The van der Waals surface area contributed by atoms with E-state index in [9.17, 15) is 13.2 Å². The number of amides is 1. The van der Waals surface area contributed by atoms with Crippen LogP contribution in [0, 0.1) is 5.92 Å². The van der Waals surface area contributed by atoms with Gasteiger partial charge in [0.1, 0.15) is 0 Å². The van der Waals surface area contributed by atoms with Crippen LogP contribution in [0.1, 0.15) is 33.1 Å². The molecule has 1 fully saturated rings. The Bertz CT molecular complexity index is 393. The largest absolute Gasteiger partial charge is 0.355 e. The van der Waals surface area contributed by atoms with Crippen LogP contribution in [-0.2, 0) is 14.8 Å². The summed E-state index contributed by atoms with van der Waals surface area (Å²) in [5.74, 6) is 0.512. The summed E-state index contributed by atoms with van der Waals surface area (Å²) in [5, 5.41) is 5.97. The predicted molar refractivity (Wildman–Crippen MR) is 87.2 cm³/mol. The molecule has 1 saturated heterocycles. The lowest BCUT2D eigenvalue weighted by Gasteiger charge is -2.18. The molecule has 0 saturated carbocycles. The first kappa shape index (κ1) is 20.6. The lowest BCUT2D eigenvalue weighted by Crippen LogP contribution is -2.37. The van der Waals surface area contributed by atoms with Gasteiger partial charge in [0.15, 0.2) is 0 Å². The predicted octanol–water partition coefficient (Wildman–Crippen LogP) is 0.586. The van der Waals surface area contributed by atoms with Gasteiger partial charge in [-0.05, 0) is 31.8 Å². The molecule has 8 heteroatoms. The van der Waals surface area contributed by atoms with Crippen LogP contribution in [0.2, 0.25) is 0 Å². The standard InChI is InChI=1S/C13H27N3O3S.ClH/c1-3-16(4-2)20(18,19)10-9-15-13(17)6-5-12-7-8-14-11-12;/h12,14H,3-11H2,1-2H3,(H,15,17);1H. The molecule has 1 atom stereocenters. The van der Waals surface area contributed by atoms with Gasteiger partial charge in [0.2, 0.25) is 15.9 Å². The molecule has 0 aromatic heterocycles. The molecular weight excluding hydrogens is 314 g/mol. The van der Waals surface area contributed by atoms with Crippen molar-refractivity contribution in [3.63, 3.8) is 0 Å². The van der Waals surface area contributed by atoms with Crippen LogP contribution in [0.5, 0.6) is 0 Å². The van der Waals surface area contributed by atoms with E-state index in [-0.39, 0.29) is 30.6 Å². The van der Waals surface area contributed by atoms with Gasteiger partial charge in [0.05, 0.1) is 5.75 Å². The zero-order valence-electron chi connectivity index (χ0n) is 12.9. The molecule has 0 aromatic rings. The van der Waals surface area contributed by atoms with Gasteiger partial charge in [-0.25, -0.2) is 12.7 Å². The van der Waals surface area contributed by atoms with Crippen molar-refractivity contribution < 1.29 is 13.2 Å². The van der Waals surface area contributed by atoms with E-state index >= 15 is 0 Å². The van der Waals surface area contributed by atoms with Crippen LogP contribution >= 0.6 is 12.4 Å². The quantitative estimate of drug-likeness (QED) is 0.643. The summed E-state index contributed by atoms with van der Waals surface area (Å²) in [6.45, 7) is 6.80. The number of carbonyl (C=O) groups is 1. The van der Waals surface area contributed by atoms with E-state index in [0.717, 1.165) is 25.9 Å². The van der Waals surface area contributed by atoms with Crippen molar-refractivity contribution in [3.05, 3.63) is 0 Å². The maximum Gasteiger partial charge on any atom is 0.220 e.